The number of nitrogens with zero attached hydrogens (tertiary/aromatic N) is 2. The second-order valence-corrected chi connectivity index (χ2v) is 5.09. The molecule has 0 atom stereocenters. The van der Waals surface area contributed by atoms with E-state index in [1.807, 2.05) is 43.3 Å². The molecule has 1 heterocycles. The standard InChI is InChI=1S/C17H14N2O2.Cu/c1-19(2)12-7-5-11(6-8-12)14-10-15(20)16-13(17(14)21)4-3-9-18-16;/h3-10H,1-2H3;. The second kappa shape index (κ2) is 6.26. The molecule has 5 heteroatoms. The molecule has 0 spiro atoms. The molecule has 0 aliphatic heterocycles. The summed E-state index contributed by atoms with van der Waals surface area (Å²) < 4.78 is 0. The molecule has 0 bridgehead atoms. The first-order valence-electron chi connectivity index (χ1n) is 6.61. The summed E-state index contributed by atoms with van der Waals surface area (Å²) in [7, 11) is 3.90. The predicted octanol–water partition coefficient (Wildman–Crippen LogP) is 2.61. The average Bonchev–Trinajstić information content (AvgIpc) is 2.51. The zero-order valence-electron chi connectivity index (χ0n) is 12.1. The van der Waals surface area contributed by atoms with Crippen LogP contribution in [0.25, 0.3) is 5.57 Å². The Balaban J connectivity index is 0.00000176. The second-order valence-electron chi connectivity index (χ2n) is 5.09. The van der Waals surface area contributed by atoms with E-state index >= 15 is 0 Å². The van der Waals surface area contributed by atoms with Gasteiger partial charge >= 0.3 is 0 Å². The number of hydrogen-bond acceptors (Lipinski definition) is 4. The smallest absolute Gasteiger partial charge is 0.205 e. The van der Waals surface area contributed by atoms with E-state index in [4.69, 9.17) is 0 Å². The van der Waals surface area contributed by atoms with Gasteiger partial charge in [-0.1, -0.05) is 12.1 Å². The van der Waals surface area contributed by atoms with Gasteiger partial charge in [-0.2, -0.15) is 0 Å². The van der Waals surface area contributed by atoms with E-state index < -0.39 is 0 Å². The number of Topliss-reactive ketones (excluding diaryl/α,β-unsaturated/α-hetero) is 1. The number of fused-ring (bicyclic) bond motifs is 1. The fraction of sp³-hybridized carbons (Fsp3) is 0.118. The molecule has 0 N–H and O–H groups in total. The molecule has 115 valence electrons. The Morgan fingerprint density at radius 1 is 1.00 bits per heavy atom. The maximum atomic E-state index is 12.5. The van der Waals surface area contributed by atoms with Crippen LogP contribution in [0.2, 0.25) is 0 Å². The number of allylic oxidation sites excluding steroid dienone is 2. The van der Waals surface area contributed by atoms with Crippen molar-refractivity contribution in [3.8, 4) is 0 Å². The fourth-order valence-corrected chi connectivity index (χ4v) is 2.35. The van der Waals surface area contributed by atoms with Crippen LogP contribution < -0.4 is 4.90 Å². The molecule has 1 aliphatic carbocycles. The van der Waals surface area contributed by atoms with Gasteiger partial charge in [-0.05, 0) is 35.9 Å². The van der Waals surface area contributed by atoms with E-state index in [0.29, 0.717) is 11.1 Å². The number of benzene rings is 1. The number of pyridine rings is 1. The molecule has 0 saturated carbocycles. The Morgan fingerprint density at radius 2 is 1.68 bits per heavy atom. The van der Waals surface area contributed by atoms with E-state index in [1.165, 1.54) is 12.3 Å². The number of rotatable bonds is 2. The zero-order chi connectivity index (χ0) is 15.0. The molecule has 1 aliphatic rings. The quantitative estimate of drug-likeness (QED) is 0.788. The number of anilines is 1. The fourth-order valence-electron chi connectivity index (χ4n) is 2.35. The van der Waals surface area contributed by atoms with Crippen LogP contribution in [0.4, 0.5) is 5.69 Å². The van der Waals surface area contributed by atoms with Crippen molar-refractivity contribution in [2.24, 2.45) is 0 Å². The van der Waals surface area contributed by atoms with E-state index in [-0.39, 0.29) is 34.3 Å². The van der Waals surface area contributed by atoms with Crippen LogP contribution in [0.5, 0.6) is 0 Å². The molecule has 3 rings (SSSR count). The summed E-state index contributed by atoms with van der Waals surface area (Å²) in [4.78, 5) is 30.6. The van der Waals surface area contributed by atoms with Crippen molar-refractivity contribution in [3.63, 3.8) is 0 Å². The maximum absolute atomic E-state index is 12.5. The van der Waals surface area contributed by atoms with Gasteiger partial charge in [-0.25, -0.2) is 0 Å². The van der Waals surface area contributed by atoms with Crippen LogP contribution in [0.1, 0.15) is 26.4 Å². The van der Waals surface area contributed by atoms with Gasteiger partial charge < -0.3 is 4.90 Å². The molecule has 1 aromatic carbocycles. The van der Waals surface area contributed by atoms with E-state index in [0.717, 1.165) is 11.3 Å². The molecule has 0 saturated heterocycles. The van der Waals surface area contributed by atoms with Gasteiger partial charge in [0, 0.05) is 48.6 Å². The van der Waals surface area contributed by atoms with Crippen molar-refractivity contribution in [1.29, 1.82) is 0 Å². The molecule has 4 nitrogen and oxygen atoms in total. The van der Waals surface area contributed by atoms with Crippen LogP contribution in [0.15, 0.2) is 48.7 Å². The summed E-state index contributed by atoms with van der Waals surface area (Å²) in [6.07, 6.45) is 2.90. The third-order valence-electron chi connectivity index (χ3n) is 3.50. The average molecular weight is 342 g/mol. The van der Waals surface area contributed by atoms with Crippen LogP contribution in [-0.2, 0) is 17.1 Å². The summed E-state index contributed by atoms with van der Waals surface area (Å²) in [6, 6.07) is 10.9. The van der Waals surface area contributed by atoms with Crippen molar-refractivity contribution < 1.29 is 26.7 Å². The van der Waals surface area contributed by atoms with Crippen LogP contribution in [0.3, 0.4) is 0 Å². The maximum Gasteiger partial charge on any atom is 0.205 e. The number of aromatic nitrogens is 1. The van der Waals surface area contributed by atoms with Crippen molar-refractivity contribution in [3.05, 3.63) is 65.5 Å². The van der Waals surface area contributed by atoms with Gasteiger partial charge in [0.2, 0.25) is 5.78 Å². The number of ketones is 2. The molecule has 0 unspecified atom stereocenters. The SMILES string of the molecule is CN(C)c1ccc(C2=CC(=O)c3ncccc3C2=O)cc1.[Cu]. The minimum absolute atomic E-state index is 0. The van der Waals surface area contributed by atoms with Crippen molar-refractivity contribution in [2.75, 3.05) is 19.0 Å². The molecule has 22 heavy (non-hydrogen) atoms. The first kappa shape index (κ1) is 16.1. The van der Waals surface area contributed by atoms with Crippen LogP contribution >= 0.6 is 0 Å². The monoisotopic (exact) mass is 341 g/mol. The van der Waals surface area contributed by atoms with E-state index in [1.54, 1.807) is 12.1 Å². The molecular formula is C17H14CuN2O2. The summed E-state index contributed by atoms with van der Waals surface area (Å²) in [5, 5.41) is 0. The van der Waals surface area contributed by atoms with Crippen LogP contribution in [0, 0.1) is 0 Å². The Hall–Kier alpha value is -2.23. The van der Waals surface area contributed by atoms with Crippen LogP contribution in [-0.4, -0.2) is 30.6 Å². The first-order chi connectivity index (χ1) is 10.1. The van der Waals surface area contributed by atoms with E-state index in [2.05, 4.69) is 4.98 Å². The van der Waals surface area contributed by atoms with Crippen molar-refractivity contribution in [1.82, 2.24) is 4.98 Å². The first-order valence-corrected chi connectivity index (χ1v) is 6.61. The molecule has 0 amide bonds. The van der Waals surface area contributed by atoms with Gasteiger partial charge in [0.1, 0.15) is 5.69 Å². The third-order valence-corrected chi connectivity index (χ3v) is 3.50. The summed E-state index contributed by atoms with van der Waals surface area (Å²) in [6.45, 7) is 0. The summed E-state index contributed by atoms with van der Waals surface area (Å²) in [5.74, 6) is -0.382. The zero-order valence-corrected chi connectivity index (χ0v) is 13.1. The molecule has 2 aromatic rings. The number of hydrogen-bond donors (Lipinski definition) is 0. The molecule has 1 radical (unpaired) electrons. The predicted molar refractivity (Wildman–Crippen MR) is 81.6 cm³/mol. The van der Waals surface area contributed by atoms with Crippen molar-refractivity contribution in [2.45, 2.75) is 0 Å². The molecule has 0 fully saturated rings. The molecule has 1 aromatic heterocycles. The van der Waals surface area contributed by atoms with Gasteiger partial charge in [-0.3, -0.25) is 14.6 Å². The third kappa shape index (κ3) is 2.73. The normalized spacial score (nSPS) is 13.1. The summed E-state index contributed by atoms with van der Waals surface area (Å²) >= 11 is 0. The van der Waals surface area contributed by atoms with Gasteiger partial charge in [0.25, 0.3) is 0 Å². The number of carbonyl (C=O) groups excluding carboxylic acids is 2. The minimum Gasteiger partial charge on any atom is -0.378 e. The van der Waals surface area contributed by atoms with E-state index in [9.17, 15) is 9.59 Å². The van der Waals surface area contributed by atoms with Gasteiger partial charge in [-0.15, -0.1) is 0 Å². The summed E-state index contributed by atoms with van der Waals surface area (Å²) in [5.41, 5.74) is 2.81. The number of carbonyl (C=O) groups is 2. The minimum atomic E-state index is -0.225. The molecular weight excluding hydrogens is 328 g/mol. The van der Waals surface area contributed by atoms with Gasteiger partial charge in [0.05, 0.1) is 5.56 Å². The van der Waals surface area contributed by atoms with Crippen molar-refractivity contribution >= 4 is 22.8 Å². The van der Waals surface area contributed by atoms with Gasteiger partial charge in [0.15, 0.2) is 5.78 Å². The Labute approximate surface area is 139 Å². The topological polar surface area (TPSA) is 50.3 Å². The Morgan fingerprint density at radius 3 is 2.32 bits per heavy atom. The Kier molecular flexibility index (Phi) is 4.59. The largest absolute Gasteiger partial charge is 0.378 e. The Bertz CT molecular complexity index is 764.